The van der Waals surface area contributed by atoms with E-state index < -0.39 is 5.91 Å². The van der Waals surface area contributed by atoms with E-state index in [1.165, 1.54) is 26.2 Å². The van der Waals surface area contributed by atoms with Gasteiger partial charge in [-0.1, -0.05) is 25.0 Å². The highest BCUT2D eigenvalue weighted by atomic mass is 16.5. The van der Waals surface area contributed by atoms with E-state index in [2.05, 4.69) is 10.6 Å². The van der Waals surface area contributed by atoms with Crippen molar-refractivity contribution < 1.29 is 9.53 Å². The Bertz CT molecular complexity index is 569. The fraction of sp³-hybridized carbons (Fsp3) is 0.375. The first-order valence-corrected chi connectivity index (χ1v) is 7.05. The van der Waals surface area contributed by atoms with Crippen LogP contribution in [0.15, 0.2) is 36.0 Å². The molecule has 110 valence electrons. The molecule has 0 aliphatic heterocycles. The Morgan fingerprint density at radius 2 is 2.10 bits per heavy atom. The lowest BCUT2D eigenvalue weighted by Crippen LogP contribution is -2.23. The molecule has 5 nitrogen and oxygen atoms in total. The van der Waals surface area contributed by atoms with Gasteiger partial charge in [0, 0.05) is 12.2 Å². The van der Waals surface area contributed by atoms with E-state index in [9.17, 15) is 4.79 Å². The van der Waals surface area contributed by atoms with Gasteiger partial charge >= 0.3 is 0 Å². The fourth-order valence-corrected chi connectivity index (χ4v) is 2.38. The van der Waals surface area contributed by atoms with Crippen LogP contribution in [0.1, 0.15) is 25.7 Å². The summed E-state index contributed by atoms with van der Waals surface area (Å²) in [6.45, 7) is 0. The van der Waals surface area contributed by atoms with E-state index in [-0.39, 0.29) is 5.57 Å². The van der Waals surface area contributed by atoms with Gasteiger partial charge < -0.3 is 15.4 Å². The number of nitriles is 1. The number of amides is 1. The molecular formula is C16H19N3O2. The largest absolute Gasteiger partial charge is 0.495 e. The van der Waals surface area contributed by atoms with E-state index >= 15 is 0 Å². The summed E-state index contributed by atoms with van der Waals surface area (Å²) in [6, 6.07) is 9.39. The summed E-state index contributed by atoms with van der Waals surface area (Å²) < 4.78 is 5.17. The lowest BCUT2D eigenvalue weighted by molar-refractivity contribution is -0.112. The molecule has 1 aliphatic carbocycles. The van der Waals surface area contributed by atoms with Gasteiger partial charge in [0.1, 0.15) is 17.4 Å². The standard InChI is InChI=1S/C16H19N3O2/c1-21-15-9-5-4-8-14(15)19-16(20)12(10-17)11-18-13-6-2-3-7-13/h4-5,8-9,11,13,18H,2-3,6-7H2,1H3,(H,19,20)/b12-11-. The van der Waals surface area contributed by atoms with Crippen molar-refractivity contribution in [2.24, 2.45) is 0 Å². The first-order valence-electron chi connectivity index (χ1n) is 7.05. The molecule has 0 unspecified atom stereocenters. The predicted octanol–water partition coefficient (Wildman–Crippen LogP) is 2.57. The van der Waals surface area contributed by atoms with Crippen molar-refractivity contribution in [2.45, 2.75) is 31.7 Å². The second-order valence-corrected chi connectivity index (χ2v) is 4.97. The van der Waals surface area contributed by atoms with Crippen molar-refractivity contribution in [2.75, 3.05) is 12.4 Å². The normalized spacial score (nSPS) is 15.3. The van der Waals surface area contributed by atoms with Crippen LogP contribution in [0.25, 0.3) is 0 Å². The molecule has 21 heavy (non-hydrogen) atoms. The molecule has 1 aliphatic rings. The van der Waals surface area contributed by atoms with Crippen molar-refractivity contribution in [3.05, 3.63) is 36.0 Å². The Balaban J connectivity index is 2.02. The molecule has 0 atom stereocenters. The molecule has 0 radical (unpaired) electrons. The lowest BCUT2D eigenvalue weighted by atomic mass is 10.2. The predicted molar refractivity (Wildman–Crippen MR) is 80.7 cm³/mol. The van der Waals surface area contributed by atoms with Gasteiger partial charge in [-0.15, -0.1) is 0 Å². The molecule has 1 aromatic carbocycles. The molecule has 2 rings (SSSR count). The van der Waals surface area contributed by atoms with Crippen LogP contribution in [-0.4, -0.2) is 19.1 Å². The van der Waals surface area contributed by atoms with Gasteiger partial charge in [0.15, 0.2) is 0 Å². The van der Waals surface area contributed by atoms with Crippen molar-refractivity contribution >= 4 is 11.6 Å². The average molecular weight is 285 g/mol. The lowest BCUT2D eigenvalue weighted by Gasteiger charge is -2.11. The van der Waals surface area contributed by atoms with Gasteiger partial charge in [-0.25, -0.2) is 0 Å². The first kappa shape index (κ1) is 14.9. The van der Waals surface area contributed by atoms with Gasteiger partial charge in [0.05, 0.1) is 12.8 Å². The molecule has 0 bridgehead atoms. The zero-order valence-corrected chi connectivity index (χ0v) is 12.1. The minimum Gasteiger partial charge on any atom is -0.495 e. The van der Waals surface area contributed by atoms with Crippen LogP contribution in [0, 0.1) is 11.3 Å². The zero-order chi connectivity index (χ0) is 15.1. The number of nitrogens with zero attached hydrogens (tertiary/aromatic N) is 1. The molecule has 0 spiro atoms. The van der Waals surface area contributed by atoms with Gasteiger partial charge in [-0.05, 0) is 25.0 Å². The Morgan fingerprint density at radius 1 is 1.38 bits per heavy atom. The molecule has 1 saturated carbocycles. The van der Waals surface area contributed by atoms with Crippen LogP contribution in [0.3, 0.4) is 0 Å². The maximum Gasteiger partial charge on any atom is 0.267 e. The number of methoxy groups -OCH3 is 1. The van der Waals surface area contributed by atoms with Crippen LogP contribution in [0.4, 0.5) is 5.69 Å². The minimum absolute atomic E-state index is 0.0628. The maximum atomic E-state index is 12.1. The summed E-state index contributed by atoms with van der Waals surface area (Å²) in [6.07, 6.45) is 6.08. The number of carbonyl (C=O) groups is 1. The third-order valence-corrected chi connectivity index (χ3v) is 3.54. The highest BCUT2D eigenvalue weighted by molar-refractivity contribution is 6.07. The van der Waals surface area contributed by atoms with Gasteiger partial charge in [0.2, 0.25) is 0 Å². The SMILES string of the molecule is COc1ccccc1NC(=O)/C(C#N)=C\NC1CCCC1. The molecule has 0 saturated heterocycles. The fourth-order valence-electron chi connectivity index (χ4n) is 2.38. The molecular weight excluding hydrogens is 266 g/mol. The summed E-state index contributed by atoms with van der Waals surface area (Å²) >= 11 is 0. The summed E-state index contributed by atoms with van der Waals surface area (Å²) in [4.78, 5) is 12.1. The number of carbonyl (C=O) groups excluding carboxylic acids is 1. The topological polar surface area (TPSA) is 74.1 Å². The molecule has 1 fully saturated rings. The molecule has 0 heterocycles. The minimum atomic E-state index is -0.438. The number of hydrogen-bond acceptors (Lipinski definition) is 4. The summed E-state index contributed by atoms with van der Waals surface area (Å²) in [5.41, 5.74) is 0.611. The van der Waals surface area contributed by atoms with E-state index in [0.29, 0.717) is 17.5 Å². The highest BCUT2D eigenvalue weighted by Gasteiger charge is 2.15. The van der Waals surface area contributed by atoms with Gasteiger partial charge in [-0.3, -0.25) is 4.79 Å². The van der Waals surface area contributed by atoms with Crippen molar-refractivity contribution in [3.8, 4) is 11.8 Å². The van der Waals surface area contributed by atoms with Crippen molar-refractivity contribution in [3.63, 3.8) is 0 Å². The molecule has 1 amide bonds. The number of nitrogens with one attached hydrogen (secondary N) is 2. The van der Waals surface area contributed by atoms with E-state index in [1.807, 2.05) is 12.1 Å². The number of hydrogen-bond donors (Lipinski definition) is 2. The first-order chi connectivity index (χ1) is 10.2. The smallest absolute Gasteiger partial charge is 0.267 e. The second-order valence-electron chi connectivity index (χ2n) is 4.97. The van der Waals surface area contributed by atoms with E-state index in [1.54, 1.807) is 18.2 Å². The molecule has 2 N–H and O–H groups in total. The number of para-hydroxylation sites is 2. The summed E-state index contributed by atoms with van der Waals surface area (Å²) in [7, 11) is 1.54. The monoisotopic (exact) mass is 285 g/mol. The van der Waals surface area contributed by atoms with Crippen molar-refractivity contribution in [1.29, 1.82) is 5.26 Å². The number of rotatable bonds is 5. The van der Waals surface area contributed by atoms with Gasteiger partial charge in [-0.2, -0.15) is 5.26 Å². The van der Waals surface area contributed by atoms with Crippen LogP contribution >= 0.6 is 0 Å². The van der Waals surface area contributed by atoms with Crippen LogP contribution in [0.2, 0.25) is 0 Å². The van der Waals surface area contributed by atoms with Crippen molar-refractivity contribution in [1.82, 2.24) is 5.32 Å². The highest BCUT2D eigenvalue weighted by Crippen LogP contribution is 2.23. The zero-order valence-electron chi connectivity index (χ0n) is 12.1. The quantitative estimate of drug-likeness (QED) is 0.644. The van der Waals surface area contributed by atoms with Crippen LogP contribution in [-0.2, 0) is 4.79 Å². The number of anilines is 1. The van der Waals surface area contributed by atoms with E-state index in [4.69, 9.17) is 10.00 Å². The maximum absolute atomic E-state index is 12.1. The Labute approximate surface area is 124 Å². The Hall–Kier alpha value is -2.48. The molecule has 1 aromatic rings. The van der Waals surface area contributed by atoms with Gasteiger partial charge in [0.25, 0.3) is 5.91 Å². The average Bonchev–Trinajstić information content (AvgIpc) is 3.02. The third-order valence-electron chi connectivity index (χ3n) is 3.54. The Kier molecular flexibility index (Phi) is 5.22. The number of ether oxygens (including phenoxy) is 1. The van der Waals surface area contributed by atoms with E-state index in [0.717, 1.165) is 12.8 Å². The second kappa shape index (κ2) is 7.34. The number of benzene rings is 1. The van der Waals surface area contributed by atoms with Crippen LogP contribution in [0.5, 0.6) is 5.75 Å². The third kappa shape index (κ3) is 3.99. The van der Waals surface area contributed by atoms with Crippen LogP contribution < -0.4 is 15.4 Å². The summed E-state index contributed by atoms with van der Waals surface area (Å²) in [5, 5.41) is 15.0. The molecule has 5 heteroatoms. The summed E-state index contributed by atoms with van der Waals surface area (Å²) in [5.74, 6) is 0.124. The molecule has 0 aromatic heterocycles. The Morgan fingerprint density at radius 3 is 2.76 bits per heavy atom.